The van der Waals surface area contributed by atoms with Crippen molar-refractivity contribution in [1.82, 2.24) is 9.62 Å². The molecule has 0 amide bonds. The Kier molecular flexibility index (Phi) is 6.70. The molecule has 2 N–H and O–H groups in total. The Morgan fingerprint density at radius 3 is 2.78 bits per heavy atom. The molecule has 2 aromatic rings. The predicted octanol–water partition coefficient (Wildman–Crippen LogP) is 2.22. The van der Waals surface area contributed by atoms with Crippen LogP contribution < -0.4 is 9.46 Å². The van der Waals surface area contributed by atoms with Gasteiger partial charge in [-0.25, -0.2) is 13.1 Å². The van der Waals surface area contributed by atoms with Crippen LogP contribution in [0.25, 0.3) is 10.8 Å². The highest BCUT2D eigenvalue weighted by molar-refractivity contribution is 7.89. The van der Waals surface area contributed by atoms with Crippen LogP contribution in [0.4, 0.5) is 0 Å². The van der Waals surface area contributed by atoms with Gasteiger partial charge in [-0.3, -0.25) is 0 Å². The van der Waals surface area contributed by atoms with E-state index in [-0.39, 0.29) is 11.5 Å². The number of sulfonamides is 1. The number of aliphatic hydroxyl groups is 1. The topological polar surface area (TPSA) is 78.9 Å². The summed E-state index contributed by atoms with van der Waals surface area (Å²) in [5.41, 5.74) is 0. The van der Waals surface area contributed by atoms with Gasteiger partial charge in [0.1, 0.15) is 5.75 Å². The zero-order chi connectivity index (χ0) is 19.3. The van der Waals surface area contributed by atoms with E-state index < -0.39 is 10.0 Å². The van der Waals surface area contributed by atoms with Crippen LogP contribution in [0.2, 0.25) is 0 Å². The number of aliphatic hydroxyl groups excluding tert-OH is 1. The molecular formula is C20H28N2O4S. The number of hydrogen-bond donors (Lipinski definition) is 2. The summed E-state index contributed by atoms with van der Waals surface area (Å²) in [6.45, 7) is 3.41. The number of fused-ring (bicyclic) bond motifs is 1. The lowest BCUT2D eigenvalue weighted by Crippen LogP contribution is -2.38. The Bertz CT molecular complexity index is 869. The molecule has 0 saturated carbocycles. The van der Waals surface area contributed by atoms with Crippen molar-refractivity contribution in [3.63, 3.8) is 0 Å². The fraction of sp³-hybridized carbons (Fsp3) is 0.500. The third kappa shape index (κ3) is 5.19. The molecule has 6 nitrogen and oxygen atoms in total. The van der Waals surface area contributed by atoms with Crippen LogP contribution in [0.1, 0.15) is 19.3 Å². The number of ether oxygens (including phenoxy) is 1. The first-order chi connectivity index (χ1) is 13.0. The highest BCUT2D eigenvalue weighted by atomic mass is 32.2. The standard InChI is InChI=1S/C20H28N2O4S/c1-26-19-7-5-18-13-20(8-6-17(18)12-19)27(24,25)21-9-3-11-22-10-2-4-16(14-22)15-23/h5-8,12-13,16,21,23H,2-4,9-11,14-15H2,1H3. The molecule has 7 heteroatoms. The summed E-state index contributed by atoms with van der Waals surface area (Å²) in [5, 5.41) is 11.1. The zero-order valence-corrected chi connectivity index (χ0v) is 16.5. The summed E-state index contributed by atoms with van der Waals surface area (Å²) in [4.78, 5) is 2.58. The second-order valence-electron chi connectivity index (χ2n) is 7.12. The molecule has 3 rings (SSSR count). The van der Waals surface area contributed by atoms with E-state index in [1.165, 1.54) is 0 Å². The Hall–Kier alpha value is -1.67. The molecule has 1 saturated heterocycles. The van der Waals surface area contributed by atoms with Gasteiger partial charge in [0.25, 0.3) is 0 Å². The minimum Gasteiger partial charge on any atom is -0.497 e. The molecule has 0 bridgehead atoms. The summed E-state index contributed by atoms with van der Waals surface area (Å²) in [6.07, 6.45) is 2.93. The van der Waals surface area contributed by atoms with E-state index in [1.807, 2.05) is 18.2 Å². The first-order valence-electron chi connectivity index (χ1n) is 9.42. The average Bonchev–Trinajstić information content (AvgIpc) is 2.70. The molecule has 1 atom stereocenters. The molecule has 1 aliphatic rings. The first-order valence-corrected chi connectivity index (χ1v) is 10.9. The maximum Gasteiger partial charge on any atom is 0.240 e. The third-order valence-corrected chi connectivity index (χ3v) is 6.59. The van der Waals surface area contributed by atoms with E-state index in [4.69, 9.17) is 4.74 Å². The van der Waals surface area contributed by atoms with Gasteiger partial charge in [-0.2, -0.15) is 0 Å². The summed E-state index contributed by atoms with van der Waals surface area (Å²) in [6, 6.07) is 10.7. The number of nitrogens with one attached hydrogen (secondary N) is 1. The largest absolute Gasteiger partial charge is 0.497 e. The summed E-state index contributed by atoms with van der Waals surface area (Å²) in [5.74, 6) is 1.10. The summed E-state index contributed by atoms with van der Waals surface area (Å²) in [7, 11) is -1.92. The third-order valence-electron chi connectivity index (χ3n) is 5.13. The van der Waals surface area contributed by atoms with Gasteiger partial charge in [-0.1, -0.05) is 12.1 Å². The van der Waals surface area contributed by atoms with Crippen molar-refractivity contribution in [3.8, 4) is 5.75 Å². The van der Waals surface area contributed by atoms with Crippen LogP contribution in [-0.2, 0) is 10.0 Å². The lowest BCUT2D eigenvalue weighted by Gasteiger charge is -2.31. The van der Waals surface area contributed by atoms with Crippen molar-refractivity contribution in [3.05, 3.63) is 36.4 Å². The molecule has 1 heterocycles. The van der Waals surface area contributed by atoms with Gasteiger partial charge < -0.3 is 14.7 Å². The molecular weight excluding hydrogens is 364 g/mol. The van der Waals surface area contributed by atoms with Gasteiger partial charge in [0.15, 0.2) is 0 Å². The number of rotatable bonds is 8. The average molecular weight is 393 g/mol. The van der Waals surface area contributed by atoms with E-state index in [0.717, 1.165) is 55.4 Å². The summed E-state index contributed by atoms with van der Waals surface area (Å²) >= 11 is 0. The minimum atomic E-state index is -3.53. The predicted molar refractivity (Wildman–Crippen MR) is 107 cm³/mol. The van der Waals surface area contributed by atoms with E-state index >= 15 is 0 Å². The van der Waals surface area contributed by atoms with Gasteiger partial charge in [0, 0.05) is 19.7 Å². The van der Waals surface area contributed by atoms with Gasteiger partial charge in [0.2, 0.25) is 10.0 Å². The highest BCUT2D eigenvalue weighted by Gasteiger charge is 2.19. The smallest absolute Gasteiger partial charge is 0.240 e. The number of hydrogen-bond acceptors (Lipinski definition) is 5. The lowest BCUT2D eigenvalue weighted by atomic mass is 9.99. The summed E-state index contributed by atoms with van der Waals surface area (Å²) < 4.78 is 33.0. The van der Waals surface area contributed by atoms with Crippen LogP contribution in [0, 0.1) is 5.92 Å². The lowest BCUT2D eigenvalue weighted by molar-refractivity contribution is 0.120. The first kappa shape index (κ1) is 20.1. The molecule has 0 aliphatic carbocycles. The normalized spacial score (nSPS) is 18.7. The van der Waals surface area contributed by atoms with Gasteiger partial charge >= 0.3 is 0 Å². The molecule has 1 unspecified atom stereocenters. The highest BCUT2D eigenvalue weighted by Crippen LogP contribution is 2.23. The number of nitrogens with zero attached hydrogens (tertiary/aromatic N) is 1. The molecule has 2 aromatic carbocycles. The Labute approximate surface area is 161 Å². The van der Waals surface area contributed by atoms with Gasteiger partial charge in [-0.15, -0.1) is 0 Å². The number of piperidine rings is 1. The van der Waals surface area contributed by atoms with Crippen molar-refractivity contribution >= 4 is 20.8 Å². The molecule has 0 radical (unpaired) electrons. The number of likely N-dealkylation sites (tertiary alicyclic amines) is 1. The SMILES string of the molecule is COc1ccc2cc(S(=O)(=O)NCCCN3CCCC(CO)C3)ccc2c1. The maximum absolute atomic E-state index is 12.6. The van der Waals surface area contributed by atoms with E-state index in [9.17, 15) is 13.5 Å². The maximum atomic E-state index is 12.6. The van der Waals surface area contributed by atoms with Gasteiger partial charge in [-0.05, 0) is 73.3 Å². The van der Waals surface area contributed by atoms with Crippen molar-refractivity contribution < 1.29 is 18.3 Å². The minimum absolute atomic E-state index is 0.233. The van der Waals surface area contributed by atoms with Crippen molar-refractivity contribution in [2.45, 2.75) is 24.2 Å². The van der Waals surface area contributed by atoms with Crippen LogP contribution in [0.5, 0.6) is 5.75 Å². The van der Waals surface area contributed by atoms with Crippen LogP contribution in [0.15, 0.2) is 41.3 Å². The van der Waals surface area contributed by atoms with Gasteiger partial charge in [0.05, 0.1) is 12.0 Å². The molecule has 0 aromatic heterocycles. The van der Waals surface area contributed by atoms with Crippen LogP contribution in [0.3, 0.4) is 0 Å². The fourth-order valence-electron chi connectivity index (χ4n) is 3.59. The molecule has 0 spiro atoms. The molecule has 27 heavy (non-hydrogen) atoms. The van der Waals surface area contributed by atoms with Crippen LogP contribution in [-0.4, -0.2) is 58.3 Å². The van der Waals surface area contributed by atoms with E-state index in [2.05, 4.69) is 9.62 Å². The second kappa shape index (κ2) is 9.01. The molecule has 1 aliphatic heterocycles. The number of benzene rings is 2. The Morgan fingerprint density at radius 1 is 1.22 bits per heavy atom. The quantitative estimate of drug-likeness (QED) is 0.674. The van der Waals surface area contributed by atoms with Crippen LogP contribution >= 0.6 is 0 Å². The fourth-order valence-corrected chi connectivity index (χ4v) is 4.70. The van der Waals surface area contributed by atoms with Crippen molar-refractivity contribution in [2.24, 2.45) is 5.92 Å². The monoisotopic (exact) mass is 392 g/mol. The Morgan fingerprint density at radius 2 is 2.00 bits per heavy atom. The molecule has 148 valence electrons. The number of methoxy groups -OCH3 is 1. The molecule has 1 fully saturated rings. The Balaban J connectivity index is 1.55. The van der Waals surface area contributed by atoms with Crippen molar-refractivity contribution in [1.29, 1.82) is 0 Å². The zero-order valence-electron chi connectivity index (χ0n) is 15.7. The van der Waals surface area contributed by atoms with E-state index in [1.54, 1.807) is 25.3 Å². The van der Waals surface area contributed by atoms with E-state index in [0.29, 0.717) is 12.5 Å². The second-order valence-corrected chi connectivity index (χ2v) is 8.88. The van der Waals surface area contributed by atoms with Crippen molar-refractivity contribution in [2.75, 3.05) is 39.9 Å².